The lowest BCUT2D eigenvalue weighted by atomic mass is 9.97. The maximum absolute atomic E-state index is 13.3. The Kier molecular flexibility index (Phi) is 6.13. The number of ether oxygens (including phenoxy) is 1. The van der Waals surface area contributed by atoms with E-state index in [1.807, 2.05) is 61.5 Å². The van der Waals surface area contributed by atoms with Crippen LogP contribution in [-0.4, -0.2) is 33.2 Å². The zero-order chi connectivity index (χ0) is 22.9. The summed E-state index contributed by atoms with van der Waals surface area (Å²) in [6.07, 6.45) is 0.0758. The van der Waals surface area contributed by atoms with Crippen LogP contribution in [0.25, 0.3) is 0 Å². The summed E-state index contributed by atoms with van der Waals surface area (Å²) in [5.74, 6) is -0.119. The lowest BCUT2D eigenvalue weighted by Crippen LogP contribution is -2.51. The average molecular weight is 471 g/mol. The van der Waals surface area contributed by atoms with Gasteiger partial charge in [-0.2, -0.15) is 0 Å². The summed E-state index contributed by atoms with van der Waals surface area (Å²) in [5, 5.41) is 3.42. The van der Waals surface area contributed by atoms with Crippen molar-refractivity contribution in [1.29, 1.82) is 0 Å². The third kappa shape index (κ3) is 4.74. The Hall–Kier alpha value is -3.03. The van der Waals surface area contributed by atoms with Crippen molar-refractivity contribution in [2.75, 3.05) is 17.1 Å². The smallest absolute Gasteiger partial charge is 0.263 e. The monoisotopic (exact) mass is 470 g/mol. The first-order valence-electron chi connectivity index (χ1n) is 10.1. The van der Waals surface area contributed by atoms with E-state index in [9.17, 15) is 13.2 Å². The number of aryl methyl sites for hydroxylation is 1. The van der Waals surface area contributed by atoms with Crippen LogP contribution in [0.1, 0.15) is 22.7 Å². The van der Waals surface area contributed by atoms with E-state index in [4.69, 9.17) is 16.3 Å². The van der Waals surface area contributed by atoms with Crippen LogP contribution in [0.3, 0.4) is 0 Å². The Morgan fingerprint density at radius 3 is 2.38 bits per heavy atom. The van der Waals surface area contributed by atoms with E-state index in [0.29, 0.717) is 10.7 Å². The molecule has 4 rings (SSSR count). The van der Waals surface area contributed by atoms with Gasteiger partial charge >= 0.3 is 0 Å². The maximum Gasteiger partial charge on any atom is 0.263 e. The zero-order valence-electron chi connectivity index (χ0n) is 17.7. The molecule has 0 fully saturated rings. The van der Waals surface area contributed by atoms with Crippen molar-refractivity contribution < 1.29 is 17.9 Å². The van der Waals surface area contributed by atoms with E-state index < -0.39 is 28.1 Å². The minimum atomic E-state index is -3.65. The molecule has 6 nitrogen and oxygen atoms in total. The summed E-state index contributed by atoms with van der Waals surface area (Å²) in [6, 6.07) is 21.8. The first-order chi connectivity index (χ1) is 15.2. The fraction of sp³-hybridized carbons (Fsp3) is 0.208. The molecule has 8 heteroatoms. The summed E-state index contributed by atoms with van der Waals surface area (Å²) < 4.78 is 31.9. The van der Waals surface area contributed by atoms with Crippen LogP contribution in [0.5, 0.6) is 5.75 Å². The number of halogens is 1. The van der Waals surface area contributed by atoms with Crippen molar-refractivity contribution in [3.8, 4) is 5.75 Å². The van der Waals surface area contributed by atoms with Crippen LogP contribution in [-0.2, 0) is 14.8 Å². The number of hydrogen-bond donors (Lipinski definition) is 1. The number of carbonyl (C=O) groups excluding carboxylic acids is 1. The SMILES string of the molecule is Cc1ccc([C@H](NC(=O)[C@@H]2CN(S(C)(=O)=O)c3cc(Cl)ccc3O2)c2ccccc2)cc1. The number of amides is 1. The van der Waals surface area contributed by atoms with Gasteiger partial charge < -0.3 is 10.1 Å². The van der Waals surface area contributed by atoms with E-state index in [0.717, 1.165) is 27.3 Å². The number of nitrogens with one attached hydrogen (secondary N) is 1. The van der Waals surface area contributed by atoms with Gasteiger partial charge in [0.1, 0.15) is 5.75 Å². The molecule has 0 bridgehead atoms. The molecule has 166 valence electrons. The lowest BCUT2D eigenvalue weighted by molar-refractivity contribution is -0.128. The van der Waals surface area contributed by atoms with Gasteiger partial charge in [0.2, 0.25) is 10.0 Å². The lowest BCUT2D eigenvalue weighted by Gasteiger charge is -2.34. The van der Waals surface area contributed by atoms with Gasteiger partial charge in [-0.25, -0.2) is 8.42 Å². The number of hydrogen-bond acceptors (Lipinski definition) is 4. The molecular formula is C24H23ClN2O4S. The van der Waals surface area contributed by atoms with Gasteiger partial charge in [-0.15, -0.1) is 0 Å². The molecule has 1 aliphatic rings. The van der Waals surface area contributed by atoms with E-state index >= 15 is 0 Å². The molecule has 0 spiro atoms. The largest absolute Gasteiger partial charge is 0.476 e. The third-order valence-electron chi connectivity index (χ3n) is 5.31. The molecule has 1 amide bonds. The number of anilines is 1. The number of sulfonamides is 1. The minimum absolute atomic E-state index is 0.145. The van der Waals surface area contributed by atoms with Crippen molar-refractivity contribution in [2.45, 2.75) is 19.1 Å². The number of rotatable bonds is 5. The quantitative estimate of drug-likeness (QED) is 0.609. The van der Waals surface area contributed by atoms with Gasteiger partial charge in [0, 0.05) is 5.02 Å². The molecule has 1 heterocycles. The Morgan fingerprint density at radius 2 is 1.72 bits per heavy atom. The van der Waals surface area contributed by atoms with Crippen molar-refractivity contribution in [3.05, 3.63) is 94.5 Å². The Morgan fingerprint density at radius 1 is 1.06 bits per heavy atom. The van der Waals surface area contributed by atoms with Crippen LogP contribution < -0.4 is 14.4 Å². The minimum Gasteiger partial charge on any atom is -0.476 e. The summed E-state index contributed by atoms with van der Waals surface area (Å²) in [5.41, 5.74) is 3.26. The summed E-state index contributed by atoms with van der Waals surface area (Å²) >= 11 is 6.05. The summed E-state index contributed by atoms with van der Waals surface area (Å²) in [6.45, 7) is 1.85. The molecule has 0 radical (unpaired) electrons. The molecule has 0 saturated heterocycles. The molecule has 0 aromatic heterocycles. The molecular weight excluding hydrogens is 448 g/mol. The van der Waals surface area contributed by atoms with Crippen molar-refractivity contribution in [1.82, 2.24) is 5.32 Å². The highest BCUT2D eigenvalue weighted by atomic mass is 35.5. The first kappa shape index (κ1) is 22.2. The molecule has 0 unspecified atom stereocenters. The van der Waals surface area contributed by atoms with Gasteiger partial charge in [0.05, 0.1) is 24.5 Å². The van der Waals surface area contributed by atoms with Crippen LogP contribution in [0.15, 0.2) is 72.8 Å². The summed E-state index contributed by atoms with van der Waals surface area (Å²) in [7, 11) is -3.65. The molecule has 1 aliphatic heterocycles. The second-order valence-electron chi connectivity index (χ2n) is 7.78. The fourth-order valence-corrected chi connectivity index (χ4v) is 4.75. The molecule has 0 saturated carbocycles. The van der Waals surface area contributed by atoms with Gasteiger partial charge in [-0.1, -0.05) is 71.8 Å². The van der Waals surface area contributed by atoms with Crippen molar-refractivity contribution in [3.63, 3.8) is 0 Å². The highest BCUT2D eigenvalue weighted by Gasteiger charge is 2.36. The number of fused-ring (bicyclic) bond motifs is 1. The standard InChI is InChI=1S/C24H23ClN2O4S/c1-16-8-10-18(11-9-16)23(17-6-4-3-5-7-17)26-24(28)22-15-27(32(2,29)30)20-14-19(25)12-13-21(20)31-22/h3-14,22-23H,15H2,1-2H3,(H,26,28)/t22-,23+/m0/s1. The third-order valence-corrected chi connectivity index (χ3v) is 6.70. The Balaban J connectivity index is 1.65. The van der Waals surface area contributed by atoms with Gasteiger partial charge in [-0.3, -0.25) is 9.10 Å². The highest BCUT2D eigenvalue weighted by Crippen LogP contribution is 2.37. The van der Waals surface area contributed by atoms with E-state index in [-0.39, 0.29) is 12.3 Å². The predicted molar refractivity (Wildman–Crippen MR) is 126 cm³/mol. The van der Waals surface area contributed by atoms with Crippen LogP contribution in [0.2, 0.25) is 5.02 Å². The molecule has 32 heavy (non-hydrogen) atoms. The Labute approximate surface area is 192 Å². The molecule has 2 atom stereocenters. The van der Waals surface area contributed by atoms with Crippen molar-refractivity contribution >= 4 is 33.2 Å². The van der Waals surface area contributed by atoms with Crippen LogP contribution in [0.4, 0.5) is 5.69 Å². The van der Waals surface area contributed by atoms with Gasteiger partial charge in [-0.05, 0) is 36.2 Å². The van der Waals surface area contributed by atoms with Crippen LogP contribution in [0, 0.1) is 6.92 Å². The molecule has 0 aliphatic carbocycles. The molecule has 3 aromatic carbocycles. The van der Waals surface area contributed by atoms with Crippen molar-refractivity contribution in [2.24, 2.45) is 0 Å². The Bertz CT molecular complexity index is 1230. The first-order valence-corrected chi connectivity index (χ1v) is 12.3. The second kappa shape index (κ2) is 8.84. The van der Waals surface area contributed by atoms with Gasteiger partial charge in [0.15, 0.2) is 6.10 Å². The topological polar surface area (TPSA) is 75.7 Å². The second-order valence-corrected chi connectivity index (χ2v) is 10.1. The normalized spacial score (nSPS) is 16.6. The van der Waals surface area contributed by atoms with Gasteiger partial charge in [0.25, 0.3) is 5.91 Å². The summed E-state index contributed by atoms with van der Waals surface area (Å²) in [4.78, 5) is 13.3. The number of nitrogens with zero attached hydrogens (tertiary/aromatic N) is 1. The molecule has 1 N–H and O–H groups in total. The highest BCUT2D eigenvalue weighted by molar-refractivity contribution is 7.92. The number of benzene rings is 3. The fourth-order valence-electron chi connectivity index (χ4n) is 3.67. The van der Waals surface area contributed by atoms with E-state index in [1.165, 1.54) is 6.07 Å². The van der Waals surface area contributed by atoms with E-state index in [2.05, 4.69) is 5.32 Å². The maximum atomic E-state index is 13.3. The zero-order valence-corrected chi connectivity index (χ0v) is 19.2. The van der Waals surface area contributed by atoms with E-state index in [1.54, 1.807) is 12.1 Å². The average Bonchev–Trinajstić information content (AvgIpc) is 2.77. The molecule has 3 aromatic rings. The predicted octanol–water partition coefficient (Wildman–Crippen LogP) is 4.08. The van der Waals surface area contributed by atoms with Crippen LogP contribution >= 0.6 is 11.6 Å². The number of carbonyl (C=O) groups is 1.